The Morgan fingerprint density at radius 3 is 3.08 bits per heavy atom. The summed E-state index contributed by atoms with van der Waals surface area (Å²) in [5.74, 6) is -0.0644. The molecular formula is C8H11N3O. The van der Waals surface area contributed by atoms with E-state index in [2.05, 4.69) is 15.8 Å². The highest BCUT2D eigenvalue weighted by Crippen LogP contribution is 1.95. The molecule has 1 amide bonds. The van der Waals surface area contributed by atoms with Gasteiger partial charge in [0.25, 0.3) is 0 Å². The van der Waals surface area contributed by atoms with Crippen molar-refractivity contribution < 1.29 is 4.79 Å². The van der Waals surface area contributed by atoms with Crippen molar-refractivity contribution in [1.82, 2.24) is 15.8 Å². The van der Waals surface area contributed by atoms with E-state index in [1.807, 2.05) is 12.1 Å². The van der Waals surface area contributed by atoms with Crippen molar-refractivity contribution in [3.63, 3.8) is 0 Å². The fraction of sp³-hybridized carbons (Fsp3) is 0.250. The predicted molar refractivity (Wildman–Crippen MR) is 45.1 cm³/mol. The summed E-state index contributed by atoms with van der Waals surface area (Å²) < 4.78 is 0. The van der Waals surface area contributed by atoms with Gasteiger partial charge in [0.1, 0.15) is 0 Å². The molecule has 0 unspecified atom stereocenters. The van der Waals surface area contributed by atoms with Crippen molar-refractivity contribution >= 4 is 5.91 Å². The minimum absolute atomic E-state index is 0.0644. The molecule has 0 aromatic carbocycles. The van der Waals surface area contributed by atoms with Gasteiger partial charge in [0.05, 0.1) is 6.42 Å². The highest BCUT2D eigenvalue weighted by molar-refractivity contribution is 5.77. The van der Waals surface area contributed by atoms with Crippen LogP contribution in [0.4, 0.5) is 0 Å². The van der Waals surface area contributed by atoms with Gasteiger partial charge in [-0.2, -0.15) is 0 Å². The van der Waals surface area contributed by atoms with E-state index in [0.717, 1.165) is 5.56 Å². The monoisotopic (exact) mass is 165 g/mol. The molecular weight excluding hydrogens is 154 g/mol. The number of nitrogens with one attached hydrogen (secondary N) is 2. The molecule has 0 atom stereocenters. The topological polar surface area (TPSA) is 54.0 Å². The minimum Gasteiger partial charge on any atom is -0.292 e. The van der Waals surface area contributed by atoms with Crippen LogP contribution in [0.5, 0.6) is 0 Å². The molecule has 2 N–H and O–H groups in total. The molecule has 1 rings (SSSR count). The van der Waals surface area contributed by atoms with Crippen LogP contribution in [0, 0.1) is 0 Å². The molecule has 12 heavy (non-hydrogen) atoms. The maximum absolute atomic E-state index is 11.0. The van der Waals surface area contributed by atoms with Crippen LogP contribution in [-0.2, 0) is 11.2 Å². The standard InChI is InChI=1S/C8H11N3O/c1-9-11-8(12)5-7-3-2-4-10-6-7/h2-4,6,9H,5H2,1H3,(H,11,12). The number of carbonyl (C=O) groups excluding carboxylic acids is 1. The van der Waals surface area contributed by atoms with Gasteiger partial charge >= 0.3 is 0 Å². The van der Waals surface area contributed by atoms with E-state index >= 15 is 0 Å². The summed E-state index contributed by atoms with van der Waals surface area (Å²) in [6, 6.07) is 3.67. The van der Waals surface area contributed by atoms with Crippen LogP contribution < -0.4 is 10.9 Å². The maximum Gasteiger partial charge on any atom is 0.238 e. The number of hydrogen-bond acceptors (Lipinski definition) is 3. The first-order valence-corrected chi connectivity index (χ1v) is 3.67. The van der Waals surface area contributed by atoms with Crippen LogP contribution in [0.1, 0.15) is 5.56 Å². The summed E-state index contributed by atoms with van der Waals surface area (Å²) in [4.78, 5) is 14.9. The van der Waals surface area contributed by atoms with E-state index in [4.69, 9.17) is 0 Å². The zero-order valence-corrected chi connectivity index (χ0v) is 6.87. The summed E-state index contributed by atoms with van der Waals surface area (Å²) in [6.45, 7) is 0. The SMILES string of the molecule is CNNC(=O)Cc1cccnc1. The summed E-state index contributed by atoms with van der Waals surface area (Å²) in [5.41, 5.74) is 5.95. The molecule has 0 radical (unpaired) electrons. The highest BCUT2D eigenvalue weighted by Gasteiger charge is 1.99. The second-order valence-corrected chi connectivity index (χ2v) is 2.34. The molecule has 0 saturated carbocycles. The van der Waals surface area contributed by atoms with Crippen molar-refractivity contribution in [3.8, 4) is 0 Å². The zero-order chi connectivity index (χ0) is 8.81. The van der Waals surface area contributed by atoms with Crippen LogP contribution in [0.2, 0.25) is 0 Å². The quantitative estimate of drug-likeness (QED) is 0.614. The molecule has 64 valence electrons. The first kappa shape index (κ1) is 8.67. The predicted octanol–water partition coefficient (Wildman–Crippen LogP) is -0.125. The Kier molecular flexibility index (Phi) is 3.22. The molecule has 0 aliphatic heterocycles. The first-order valence-electron chi connectivity index (χ1n) is 3.67. The molecule has 0 saturated heterocycles. The summed E-state index contributed by atoms with van der Waals surface area (Å²) in [5, 5.41) is 0. The van der Waals surface area contributed by atoms with E-state index < -0.39 is 0 Å². The second-order valence-electron chi connectivity index (χ2n) is 2.34. The van der Waals surface area contributed by atoms with Crippen LogP contribution in [0.25, 0.3) is 0 Å². The number of nitrogens with zero attached hydrogens (tertiary/aromatic N) is 1. The van der Waals surface area contributed by atoms with Gasteiger partial charge in [-0.15, -0.1) is 0 Å². The average Bonchev–Trinajstić information content (AvgIpc) is 2.06. The summed E-state index contributed by atoms with van der Waals surface area (Å²) in [6.07, 6.45) is 3.71. The van der Waals surface area contributed by atoms with Crippen molar-refractivity contribution in [2.24, 2.45) is 0 Å². The van der Waals surface area contributed by atoms with Crippen molar-refractivity contribution in [1.29, 1.82) is 0 Å². The van der Waals surface area contributed by atoms with Gasteiger partial charge in [0.2, 0.25) is 5.91 Å². The second kappa shape index (κ2) is 4.46. The lowest BCUT2D eigenvalue weighted by Crippen LogP contribution is -2.35. The molecule has 1 aromatic heterocycles. The smallest absolute Gasteiger partial charge is 0.238 e. The number of hydrazine groups is 1. The Hall–Kier alpha value is -1.42. The van der Waals surface area contributed by atoms with Gasteiger partial charge in [-0.05, 0) is 11.6 Å². The van der Waals surface area contributed by atoms with Crippen LogP contribution in [0.15, 0.2) is 24.5 Å². The summed E-state index contributed by atoms with van der Waals surface area (Å²) >= 11 is 0. The van der Waals surface area contributed by atoms with Crippen LogP contribution >= 0.6 is 0 Å². The van der Waals surface area contributed by atoms with Crippen molar-refractivity contribution in [2.75, 3.05) is 7.05 Å². The van der Waals surface area contributed by atoms with E-state index in [1.165, 1.54) is 0 Å². The van der Waals surface area contributed by atoms with Gasteiger partial charge in [0, 0.05) is 19.4 Å². The fourth-order valence-corrected chi connectivity index (χ4v) is 0.872. The van der Waals surface area contributed by atoms with E-state index in [1.54, 1.807) is 19.4 Å². The third-order valence-electron chi connectivity index (χ3n) is 1.35. The molecule has 1 aromatic rings. The third kappa shape index (κ3) is 2.67. The fourth-order valence-electron chi connectivity index (χ4n) is 0.872. The Labute approximate surface area is 71.0 Å². The highest BCUT2D eigenvalue weighted by atomic mass is 16.2. The van der Waals surface area contributed by atoms with E-state index in [0.29, 0.717) is 6.42 Å². The van der Waals surface area contributed by atoms with Gasteiger partial charge < -0.3 is 0 Å². The van der Waals surface area contributed by atoms with Gasteiger partial charge in [-0.1, -0.05) is 6.07 Å². The van der Waals surface area contributed by atoms with Gasteiger partial charge in [0.15, 0.2) is 0 Å². The maximum atomic E-state index is 11.0. The number of rotatable bonds is 3. The lowest BCUT2D eigenvalue weighted by atomic mass is 10.2. The minimum atomic E-state index is -0.0644. The Bertz CT molecular complexity index is 248. The lowest BCUT2D eigenvalue weighted by Gasteiger charge is -2.01. The molecule has 0 spiro atoms. The van der Waals surface area contributed by atoms with Crippen LogP contribution in [0.3, 0.4) is 0 Å². The van der Waals surface area contributed by atoms with Crippen molar-refractivity contribution in [2.45, 2.75) is 6.42 Å². The molecule has 0 fully saturated rings. The van der Waals surface area contributed by atoms with E-state index in [9.17, 15) is 4.79 Å². The first-order chi connectivity index (χ1) is 5.83. The molecule has 1 heterocycles. The third-order valence-corrected chi connectivity index (χ3v) is 1.35. The Morgan fingerprint density at radius 2 is 2.50 bits per heavy atom. The number of hydrogen-bond donors (Lipinski definition) is 2. The van der Waals surface area contributed by atoms with E-state index in [-0.39, 0.29) is 5.91 Å². The number of pyridine rings is 1. The molecule has 4 heteroatoms. The molecule has 4 nitrogen and oxygen atoms in total. The number of carbonyl (C=O) groups is 1. The normalized spacial score (nSPS) is 9.42. The van der Waals surface area contributed by atoms with Crippen LogP contribution in [-0.4, -0.2) is 17.9 Å². The van der Waals surface area contributed by atoms with Crippen molar-refractivity contribution in [3.05, 3.63) is 30.1 Å². The molecule has 0 aliphatic rings. The molecule has 0 bridgehead atoms. The Morgan fingerprint density at radius 1 is 1.67 bits per heavy atom. The lowest BCUT2D eigenvalue weighted by molar-refractivity contribution is -0.121. The van der Waals surface area contributed by atoms with Gasteiger partial charge in [-0.3, -0.25) is 15.2 Å². The number of aromatic nitrogens is 1. The number of amides is 1. The largest absolute Gasteiger partial charge is 0.292 e. The zero-order valence-electron chi connectivity index (χ0n) is 6.87. The summed E-state index contributed by atoms with van der Waals surface area (Å²) in [7, 11) is 1.65. The Balaban J connectivity index is 2.47. The van der Waals surface area contributed by atoms with Gasteiger partial charge in [-0.25, -0.2) is 5.43 Å². The average molecular weight is 165 g/mol. The molecule has 0 aliphatic carbocycles.